The van der Waals surface area contributed by atoms with Gasteiger partial charge in [-0.05, 0) is 85.8 Å². The molecule has 0 radical (unpaired) electrons. The number of amides is 3. The molecule has 346 valence electrons. The lowest BCUT2D eigenvalue weighted by molar-refractivity contribution is -0.160. The molecule has 0 aliphatic carbocycles. The molecule has 0 bridgehead atoms. The Hall–Kier alpha value is -5.93. The molecule has 3 amide bonds. The molecule has 0 saturated heterocycles. The average Bonchev–Trinajstić information content (AvgIpc) is 3.15. The minimum atomic E-state index is -1.52. The number of esters is 3. The third-order valence-corrected chi connectivity index (χ3v) is 8.75. The van der Waals surface area contributed by atoms with Gasteiger partial charge in [-0.3, -0.25) is 38.4 Å². The number of hydrogen-bond acceptors (Lipinski definition) is 13. The number of nitrogens with one attached hydrogen (secondary N) is 2. The Morgan fingerprint density at radius 2 is 1.11 bits per heavy atom. The van der Waals surface area contributed by atoms with Crippen LogP contribution in [0.3, 0.4) is 0 Å². The van der Waals surface area contributed by atoms with E-state index in [1.165, 1.54) is 0 Å². The summed E-state index contributed by atoms with van der Waals surface area (Å²) in [6, 6.07) is 14.3. The monoisotopic (exact) mass is 879 g/mol. The Morgan fingerprint density at radius 3 is 1.63 bits per heavy atom. The van der Waals surface area contributed by atoms with Crippen molar-refractivity contribution < 1.29 is 62.1 Å². The quantitative estimate of drug-likeness (QED) is 0.0861. The van der Waals surface area contributed by atoms with Gasteiger partial charge >= 0.3 is 24.0 Å². The first-order chi connectivity index (χ1) is 29.1. The van der Waals surface area contributed by atoms with E-state index in [0.717, 1.165) is 4.90 Å². The van der Waals surface area contributed by atoms with Crippen molar-refractivity contribution in [2.45, 2.75) is 144 Å². The summed E-state index contributed by atoms with van der Waals surface area (Å²) in [5.41, 5.74) is -1.56. The number of carbonyl (C=O) groups excluding carboxylic acids is 9. The molecule has 0 spiro atoms. The van der Waals surface area contributed by atoms with Gasteiger partial charge in [0.1, 0.15) is 36.0 Å². The van der Waals surface area contributed by atoms with Gasteiger partial charge in [-0.1, -0.05) is 74.5 Å². The van der Waals surface area contributed by atoms with Gasteiger partial charge in [-0.2, -0.15) is 0 Å². The lowest BCUT2D eigenvalue weighted by Gasteiger charge is -2.29. The van der Waals surface area contributed by atoms with E-state index in [1.807, 2.05) is 0 Å². The molecular formula is C47H65N3O13. The molecule has 0 aromatic heterocycles. The van der Waals surface area contributed by atoms with Crippen LogP contribution in [0.1, 0.15) is 113 Å². The first-order valence-electron chi connectivity index (χ1n) is 21.0. The Balaban J connectivity index is 2.43. The van der Waals surface area contributed by atoms with Gasteiger partial charge in [0.15, 0.2) is 11.6 Å². The number of rotatable bonds is 22. The summed E-state index contributed by atoms with van der Waals surface area (Å²) < 4.78 is 21.5. The van der Waals surface area contributed by atoms with Crippen molar-refractivity contribution in [3.8, 4) is 0 Å². The Labute approximate surface area is 370 Å². The predicted octanol–water partition coefficient (Wildman–Crippen LogP) is 5.40. The standard InChI is InChI=1S/C47H65N3O13/c1-30(2)41(37(53)27-50(28-40(56)63-47(9,10)11)43(58)36(52)24-31-18-14-12-15-19-31)49-42(57)33(22-23-38(54)61-45(3,4)5)25-35(51)34(26-39(55)62-46(6,7)8)48-44(59)60-29-32-20-16-13-17-21-32/h12-21,30,33-34,41H,22-29H2,1-11H3,(H,48,59)(H,49,57)/t33-,34+,41+/m1/s1. The first-order valence-corrected chi connectivity index (χ1v) is 21.0. The number of nitrogens with zero attached hydrogens (tertiary/aromatic N) is 1. The van der Waals surface area contributed by atoms with Crippen LogP contribution < -0.4 is 10.6 Å². The second-order valence-corrected chi connectivity index (χ2v) is 18.6. The fraction of sp³-hybridized carbons (Fsp3) is 0.553. The van der Waals surface area contributed by atoms with Crippen LogP contribution in [0.4, 0.5) is 4.79 Å². The van der Waals surface area contributed by atoms with Crippen molar-refractivity contribution in [2.75, 3.05) is 13.1 Å². The van der Waals surface area contributed by atoms with E-state index in [1.54, 1.807) is 137 Å². The summed E-state index contributed by atoms with van der Waals surface area (Å²) in [6.45, 7) is 16.3. The van der Waals surface area contributed by atoms with Crippen molar-refractivity contribution >= 4 is 53.2 Å². The molecule has 16 nitrogen and oxygen atoms in total. The fourth-order valence-corrected chi connectivity index (χ4v) is 6.04. The van der Waals surface area contributed by atoms with Crippen LogP contribution in [0.5, 0.6) is 0 Å². The summed E-state index contributed by atoms with van der Waals surface area (Å²) in [7, 11) is 0. The lowest BCUT2D eigenvalue weighted by Crippen LogP contribution is -2.53. The van der Waals surface area contributed by atoms with Crippen LogP contribution >= 0.6 is 0 Å². The third kappa shape index (κ3) is 21.6. The zero-order chi connectivity index (χ0) is 47.7. The molecule has 0 unspecified atom stereocenters. The highest BCUT2D eigenvalue weighted by atomic mass is 16.6. The van der Waals surface area contributed by atoms with Gasteiger partial charge in [0.2, 0.25) is 11.7 Å². The lowest BCUT2D eigenvalue weighted by atomic mass is 9.91. The summed E-state index contributed by atoms with van der Waals surface area (Å²) in [5, 5.41) is 5.07. The van der Waals surface area contributed by atoms with Crippen molar-refractivity contribution in [3.05, 3.63) is 71.8 Å². The molecule has 0 aliphatic rings. The van der Waals surface area contributed by atoms with Gasteiger partial charge < -0.3 is 34.5 Å². The smallest absolute Gasteiger partial charge is 0.408 e. The maximum absolute atomic E-state index is 14.2. The molecule has 3 atom stereocenters. The van der Waals surface area contributed by atoms with E-state index in [-0.39, 0.29) is 25.9 Å². The van der Waals surface area contributed by atoms with Crippen LogP contribution in [0.15, 0.2) is 60.7 Å². The van der Waals surface area contributed by atoms with Crippen molar-refractivity contribution in [1.29, 1.82) is 0 Å². The molecule has 16 heteroatoms. The molecule has 63 heavy (non-hydrogen) atoms. The highest BCUT2D eigenvalue weighted by molar-refractivity contribution is 6.37. The van der Waals surface area contributed by atoms with E-state index < -0.39 is 120 Å². The molecule has 0 saturated carbocycles. The summed E-state index contributed by atoms with van der Waals surface area (Å²) >= 11 is 0. The number of benzene rings is 2. The molecule has 2 aromatic carbocycles. The van der Waals surface area contributed by atoms with Crippen LogP contribution in [-0.2, 0) is 70.3 Å². The van der Waals surface area contributed by atoms with Crippen LogP contribution in [0.2, 0.25) is 0 Å². The number of Topliss-reactive ketones (excluding diaryl/α,β-unsaturated/α-hetero) is 3. The van der Waals surface area contributed by atoms with E-state index in [4.69, 9.17) is 18.9 Å². The highest BCUT2D eigenvalue weighted by Crippen LogP contribution is 2.20. The third-order valence-electron chi connectivity index (χ3n) is 8.75. The van der Waals surface area contributed by atoms with Crippen LogP contribution in [0, 0.1) is 11.8 Å². The Bertz CT molecular complexity index is 1910. The van der Waals surface area contributed by atoms with Gasteiger partial charge in [0.25, 0.3) is 5.91 Å². The normalized spacial score (nSPS) is 13.1. The fourth-order valence-electron chi connectivity index (χ4n) is 6.04. The molecule has 2 aromatic rings. The van der Waals surface area contributed by atoms with Crippen molar-refractivity contribution in [2.24, 2.45) is 11.8 Å². The Kier molecular flexibility index (Phi) is 20.3. The van der Waals surface area contributed by atoms with Crippen LogP contribution in [0.25, 0.3) is 0 Å². The molecule has 2 N–H and O–H groups in total. The molecule has 0 aliphatic heterocycles. The molecule has 0 heterocycles. The number of alkyl carbamates (subject to hydrolysis) is 1. The predicted molar refractivity (Wildman–Crippen MR) is 232 cm³/mol. The number of hydrogen-bond donors (Lipinski definition) is 2. The zero-order valence-corrected chi connectivity index (χ0v) is 38.5. The van der Waals surface area contributed by atoms with E-state index in [9.17, 15) is 43.2 Å². The van der Waals surface area contributed by atoms with Gasteiger partial charge in [0, 0.05) is 25.2 Å². The molecule has 0 fully saturated rings. The number of carbonyl (C=O) groups is 9. The first kappa shape index (κ1) is 53.2. The molecule has 2 rings (SSSR count). The van der Waals surface area contributed by atoms with Gasteiger partial charge in [0.05, 0.1) is 19.0 Å². The van der Waals surface area contributed by atoms with E-state index >= 15 is 0 Å². The number of ether oxygens (including phenoxy) is 4. The second kappa shape index (κ2) is 24.1. The molecular weight excluding hydrogens is 815 g/mol. The maximum Gasteiger partial charge on any atom is 0.408 e. The largest absolute Gasteiger partial charge is 0.460 e. The van der Waals surface area contributed by atoms with E-state index in [0.29, 0.717) is 11.1 Å². The maximum atomic E-state index is 14.2. The van der Waals surface area contributed by atoms with Gasteiger partial charge in [-0.15, -0.1) is 0 Å². The summed E-state index contributed by atoms with van der Waals surface area (Å²) in [6.07, 6.45) is -3.13. The Morgan fingerprint density at radius 1 is 0.603 bits per heavy atom. The SMILES string of the molecule is CC(C)[C@H](NC(=O)[C@H](CCC(=O)OC(C)(C)C)CC(=O)[C@H](CC(=O)OC(C)(C)C)NC(=O)OCc1ccccc1)C(=O)CN(CC(=O)OC(C)(C)C)C(=O)C(=O)Cc1ccccc1. The topological polar surface area (TPSA) is 218 Å². The summed E-state index contributed by atoms with van der Waals surface area (Å²) in [5.74, 6) is -8.66. The van der Waals surface area contributed by atoms with Crippen LogP contribution in [-0.4, -0.2) is 100 Å². The zero-order valence-electron chi connectivity index (χ0n) is 38.5. The minimum Gasteiger partial charge on any atom is -0.460 e. The van der Waals surface area contributed by atoms with Crippen molar-refractivity contribution in [3.63, 3.8) is 0 Å². The second-order valence-electron chi connectivity index (χ2n) is 18.6. The summed E-state index contributed by atoms with van der Waals surface area (Å²) in [4.78, 5) is 122. The number of ketones is 3. The van der Waals surface area contributed by atoms with Gasteiger partial charge in [-0.25, -0.2) is 4.79 Å². The highest BCUT2D eigenvalue weighted by Gasteiger charge is 2.36. The van der Waals surface area contributed by atoms with Crippen molar-refractivity contribution in [1.82, 2.24) is 15.5 Å². The minimum absolute atomic E-state index is 0.145. The average molecular weight is 880 g/mol. The van der Waals surface area contributed by atoms with E-state index in [2.05, 4.69) is 10.6 Å².